The van der Waals surface area contributed by atoms with Crippen molar-refractivity contribution in [1.82, 2.24) is 10.2 Å². The molecule has 0 aromatic heterocycles. The van der Waals surface area contributed by atoms with Gasteiger partial charge in [-0.25, -0.2) is 0 Å². The van der Waals surface area contributed by atoms with Crippen molar-refractivity contribution in [3.8, 4) is 0 Å². The molecule has 1 saturated heterocycles. The van der Waals surface area contributed by atoms with Gasteiger partial charge in [-0.3, -0.25) is 9.69 Å². The van der Waals surface area contributed by atoms with Crippen molar-refractivity contribution in [3.63, 3.8) is 0 Å². The number of ether oxygens (including phenoxy) is 1. The van der Waals surface area contributed by atoms with Gasteiger partial charge in [-0.15, -0.1) is 0 Å². The zero-order valence-corrected chi connectivity index (χ0v) is 10.3. The highest BCUT2D eigenvalue weighted by molar-refractivity contribution is 5.71. The van der Waals surface area contributed by atoms with E-state index in [1.165, 1.54) is 0 Å². The Morgan fingerprint density at radius 3 is 3.00 bits per heavy atom. The van der Waals surface area contributed by atoms with Crippen LogP contribution in [0.4, 0.5) is 0 Å². The van der Waals surface area contributed by atoms with Crippen LogP contribution in [0.25, 0.3) is 0 Å². The Morgan fingerprint density at radius 1 is 1.31 bits per heavy atom. The fourth-order valence-corrected chi connectivity index (χ4v) is 1.83. The summed E-state index contributed by atoms with van der Waals surface area (Å²) in [5.41, 5.74) is 0. The molecule has 4 heteroatoms. The Labute approximate surface area is 98.3 Å². The Morgan fingerprint density at radius 2 is 2.19 bits per heavy atom. The van der Waals surface area contributed by atoms with E-state index in [9.17, 15) is 4.79 Å². The molecule has 0 unspecified atom stereocenters. The highest BCUT2D eigenvalue weighted by Crippen LogP contribution is 1.98. The van der Waals surface area contributed by atoms with Crippen molar-refractivity contribution in [3.05, 3.63) is 0 Å². The molecule has 0 aromatic carbocycles. The molecular formula is C12H24N2O2. The topological polar surface area (TPSA) is 41.6 Å². The maximum absolute atomic E-state index is 11.5. The summed E-state index contributed by atoms with van der Waals surface area (Å²) < 4.78 is 5.19. The lowest BCUT2D eigenvalue weighted by Crippen LogP contribution is -2.34. The Bertz CT molecular complexity index is 189. The lowest BCUT2D eigenvalue weighted by Gasteiger charge is -2.17. The first-order valence-electron chi connectivity index (χ1n) is 6.41. The molecule has 1 heterocycles. The van der Waals surface area contributed by atoms with Crippen molar-refractivity contribution in [1.29, 1.82) is 0 Å². The van der Waals surface area contributed by atoms with Gasteiger partial charge in [0, 0.05) is 13.1 Å². The molecule has 0 spiro atoms. The first-order chi connectivity index (χ1) is 7.83. The van der Waals surface area contributed by atoms with Crippen LogP contribution in [0.3, 0.4) is 0 Å². The minimum absolute atomic E-state index is 0.0713. The molecule has 1 aliphatic rings. The Balaban J connectivity index is 2.07. The zero-order chi connectivity index (χ0) is 11.6. The van der Waals surface area contributed by atoms with Gasteiger partial charge in [-0.2, -0.15) is 0 Å². The predicted octanol–water partition coefficient (Wildman–Crippen LogP) is 1.02. The van der Waals surface area contributed by atoms with Crippen molar-refractivity contribution < 1.29 is 9.53 Å². The normalized spacial score (nSPS) is 18.1. The summed E-state index contributed by atoms with van der Waals surface area (Å²) in [4.78, 5) is 13.7. The van der Waals surface area contributed by atoms with Crippen LogP contribution in [-0.2, 0) is 9.53 Å². The fraction of sp³-hybridized carbons (Fsp3) is 0.917. The van der Waals surface area contributed by atoms with Crippen LogP contribution >= 0.6 is 0 Å². The monoisotopic (exact) mass is 228 g/mol. The molecule has 1 fully saturated rings. The van der Waals surface area contributed by atoms with Gasteiger partial charge in [0.2, 0.25) is 0 Å². The van der Waals surface area contributed by atoms with E-state index in [-0.39, 0.29) is 5.97 Å². The van der Waals surface area contributed by atoms with Crippen molar-refractivity contribution in [2.75, 3.05) is 39.3 Å². The van der Waals surface area contributed by atoms with Gasteiger partial charge in [0.05, 0.1) is 13.2 Å². The third-order valence-electron chi connectivity index (χ3n) is 2.80. The van der Waals surface area contributed by atoms with Crippen LogP contribution in [0.2, 0.25) is 0 Å². The molecule has 16 heavy (non-hydrogen) atoms. The number of hydrogen-bond acceptors (Lipinski definition) is 4. The first kappa shape index (κ1) is 13.5. The second-order valence-corrected chi connectivity index (χ2v) is 4.31. The Hall–Kier alpha value is -0.610. The predicted molar refractivity (Wildman–Crippen MR) is 64.4 cm³/mol. The van der Waals surface area contributed by atoms with Crippen LogP contribution in [0.5, 0.6) is 0 Å². The van der Waals surface area contributed by atoms with Gasteiger partial charge >= 0.3 is 5.97 Å². The summed E-state index contributed by atoms with van der Waals surface area (Å²) >= 11 is 0. The number of esters is 1. The molecule has 94 valence electrons. The minimum atomic E-state index is -0.0713. The highest BCUT2D eigenvalue weighted by Gasteiger charge is 2.13. The van der Waals surface area contributed by atoms with Gasteiger partial charge in [0.25, 0.3) is 0 Å². The van der Waals surface area contributed by atoms with E-state index < -0.39 is 0 Å². The number of nitrogens with one attached hydrogen (secondary N) is 1. The van der Waals surface area contributed by atoms with Gasteiger partial charge in [-0.05, 0) is 25.9 Å². The largest absolute Gasteiger partial charge is 0.465 e. The van der Waals surface area contributed by atoms with Gasteiger partial charge < -0.3 is 10.1 Å². The van der Waals surface area contributed by atoms with E-state index in [4.69, 9.17) is 4.74 Å². The molecule has 0 aliphatic carbocycles. The molecule has 0 saturated carbocycles. The molecular weight excluding hydrogens is 204 g/mol. The molecule has 0 atom stereocenters. The fourth-order valence-electron chi connectivity index (χ4n) is 1.83. The summed E-state index contributed by atoms with van der Waals surface area (Å²) in [6.45, 7) is 7.16. The quantitative estimate of drug-likeness (QED) is 0.544. The molecule has 1 aliphatic heterocycles. The third kappa shape index (κ3) is 6.08. The number of unbranched alkanes of at least 4 members (excludes halogenated alkanes) is 2. The van der Waals surface area contributed by atoms with Crippen LogP contribution in [0.1, 0.15) is 32.6 Å². The van der Waals surface area contributed by atoms with Gasteiger partial charge in [0.15, 0.2) is 0 Å². The van der Waals surface area contributed by atoms with Crippen LogP contribution in [0, 0.1) is 0 Å². The molecule has 1 rings (SSSR count). The number of nitrogens with zero attached hydrogens (tertiary/aromatic N) is 1. The van der Waals surface area contributed by atoms with Crippen LogP contribution < -0.4 is 5.32 Å². The van der Waals surface area contributed by atoms with E-state index in [1.54, 1.807) is 0 Å². The average molecular weight is 228 g/mol. The molecule has 0 aromatic rings. The summed E-state index contributed by atoms with van der Waals surface area (Å²) in [7, 11) is 0. The number of carbonyl (C=O) groups is 1. The molecule has 4 nitrogen and oxygen atoms in total. The van der Waals surface area contributed by atoms with E-state index >= 15 is 0 Å². The molecule has 1 N–H and O–H groups in total. The van der Waals surface area contributed by atoms with E-state index in [0.717, 1.165) is 51.9 Å². The smallest absolute Gasteiger partial charge is 0.320 e. The zero-order valence-electron chi connectivity index (χ0n) is 10.3. The SMILES string of the molecule is CCCCCOC(=O)CN1CCCNCC1. The molecule has 0 radical (unpaired) electrons. The third-order valence-corrected chi connectivity index (χ3v) is 2.80. The number of rotatable bonds is 6. The van der Waals surface area contributed by atoms with Crippen molar-refractivity contribution in [2.45, 2.75) is 32.6 Å². The lowest BCUT2D eigenvalue weighted by atomic mass is 10.3. The molecule has 0 bridgehead atoms. The first-order valence-corrected chi connectivity index (χ1v) is 6.41. The van der Waals surface area contributed by atoms with Crippen LogP contribution in [0.15, 0.2) is 0 Å². The Kier molecular flexibility index (Phi) is 7.17. The minimum Gasteiger partial charge on any atom is -0.465 e. The summed E-state index contributed by atoms with van der Waals surface area (Å²) in [5, 5.41) is 3.32. The maximum atomic E-state index is 11.5. The second-order valence-electron chi connectivity index (χ2n) is 4.31. The average Bonchev–Trinajstić information content (AvgIpc) is 2.53. The van der Waals surface area contributed by atoms with Crippen LogP contribution in [-0.4, -0.2) is 50.2 Å². The van der Waals surface area contributed by atoms with E-state index in [0.29, 0.717) is 13.2 Å². The van der Waals surface area contributed by atoms with Gasteiger partial charge in [0.1, 0.15) is 0 Å². The number of carbonyl (C=O) groups excluding carboxylic acids is 1. The van der Waals surface area contributed by atoms with Crippen molar-refractivity contribution in [2.24, 2.45) is 0 Å². The highest BCUT2D eigenvalue weighted by atomic mass is 16.5. The van der Waals surface area contributed by atoms with E-state index in [2.05, 4.69) is 17.1 Å². The maximum Gasteiger partial charge on any atom is 0.320 e. The lowest BCUT2D eigenvalue weighted by molar-refractivity contribution is -0.145. The summed E-state index contributed by atoms with van der Waals surface area (Å²) in [6, 6.07) is 0. The number of hydrogen-bond donors (Lipinski definition) is 1. The second kappa shape index (κ2) is 8.53. The molecule has 0 amide bonds. The standard InChI is InChI=1S/C12H24N2O2/c1-2-3-4-10-16-12(15)11-14-8-5-6-13-7-9-14/h13H,2-11H2,1H3. The van der Waals surface area contributed by atoms with Crippen molar-refractivity contribution >= 4 is 5.97 Å². The van der Waals surface area contributed by atoms with Gasteiger partial charge in [-0.1, -0.05) is 19.8 Å². The summed E-state index contributed by atoms with van der Waals surface area (Å²) in [5.74, 6) is -0.0713. The summed E-state index contributed by atoms with van der Waals surface area (Å²) in [6.07, 6.45) is 4.41. The van der Waals surface area contributed by atoms with E-state index in [1.807, 2.05) is 0 Å².